The van der Waals surface area contributed by atoms with Crippen molar-refractivity contribution >= 4 is 44.6 Å². The number of hydrogen-bond acceptors (Lipinski definition) is 4. The largest absolute Gasteiger partial charge is 0.481 e. The van der Waals surface area contributed by atoms with Crippen molar-refractivity contribution < 1.29 is 17.9 Å². The van der Waals surface area contributed by atoms with Crippen molar-refractivity contribution in [2.45, 2.75) is 17.9 Å². The Kier molecular flexibility index (Phi) is 5.74. The third-order valence-corrected chi connectivity index (χ3v) is 4.78. The van der Waals surface area contributed by atoms with Crippen LogP contribution in [-0.2, 0) is 14.6 Å². The predicted molar refractivity (Wildman–Crippen MR) is 94.7 cm³/mol. The second-order valence-corrected chi connectivity index (χ2v) is 7.98. The van der Waals surface area contributed by atoms with Crippen molar-refractivity contribution in [2.24, 2.45) is 0 Å². The maximum atomic E-state index is 12.2. The molecule has 24 heavy (non-hydrogen) atoms. The lowest BCUT2D eigenvalue weighted by Gasteiger charge is -2.16. The highest BCUT2D eigenvalue weighted by molar-refractivity contribution is 7.90. The standard InChI is InChI=1S/C16H15Cl2NO4S/c1-10(23-12-5-3-4-11(17)8-12)16(20)19-15-9-13(24(2,21)22)6-7-14(15)18/h3-10H,1-2H3,(H,19,20). The molecule has 1 unspecified atom stereocenters. The zero-order chi connectivity index (χ0) is 17.9. The van der Waals surface area contributed by atoms with Gasteiger partial charge in [0.25, 0.3) is 5.91 Å². The van der Waals surface area contributed by atoms with Crippen LogP contribution in [-0.4, -0.2) is 26.7 Å². The molecule has 0 aliphatic rings. The molecule has 0 saturated heterocycles. The lowest BCUT2D eigenvalue weighted by Crippen LogP contribution is -2.30. The first-order chi connectivity index (χ1) is 11.2. The quantitative estimate of drug-likeness (QED) is 0.846. The third kappa shape index (κ3) is 4.87. The van der Waals surface area contributed by atoms with Crippen molar-refractivity contribution in [3.8, 4) is 5.75 Å². The SMILES string of the molecule is CC(Oc1cccc(Cl)c1)C(=O)Nc1cc(S(C)(=O)=O)ccc1Cl. The normalized spacial score (nSPS) is 12.5. The molecule has 0 aromatic heterocycles. The van der Waals surface area contributed by atoms with Gasteiger partial charge in [0.1, 0.15) is 5.75 Å². The molecule has 8 heteroatoms. The van der Waals surface area contributed by atoms with Gasteiger partial charge in [-0.25, -0.2) is 8.42 Å². The van der Waals surface area contributed by atoms with Gasteiger partial charge >= 0.3 is 0 Å². The first-order valence-corrected chi connectivity index (χ1v) is 9.54. The average Bonchev–Trinajstić information content (AvgIpc) is 2.48. The fraction of sp³-hybridized carbons (Fsp3) is 0.188. The van der Waals surface area contributed by atoms with Crippen molar-refractivity contribution in [3.63, 3.8) is 0 Å². The summed E-state index contributed by atoms with van der Waals surface area (Å²) in [7, 11) is -3.41. The van der Waals surface area contributed by atoms with Gasteiger partial charge in [-0.05, 0) is 43.3 Å². The number of halogens is 2. The molecule has 0 saturated carbocycles. The van der Waals surface area contributed by atoms with E-state index < -0.39 is 21.8 Å². The molecular formula is C16H15Cl2NO4S. The molecule has 1 amide bonds. The minimum Gasteiger partial charge on any atom is -0.481 e. The zero-order valence-electron chi connectivity index (χ0n) is 12.9. The fourth-order valence-corrected chi connectivity index (χ4v) is 2.86. The number of rotatable bonds is 5. The molecule has 5 nitrogen and oxygen atoms in total. The van der Waals surface area contributed by atoms with E-state index in [-0.39, 0.29) is 15.6 Å². The Morgan fingerprint density at radius 1 is 1.17 bits per heavy atom. The molecule has 2 aromatic rings. The van der Waals surface area contributed by atoms with E-state index in [1.807, 2.05) is 0 Å². The molecule has 1 N–H and O–H groups in total. The summed E-state index contributed by atoms with van der Waals surface area (Å²) in [6, 6.07) is 10.7. The van der Waals surface area contributed by atoms with Crippen LogP contribution in [0.15, 0.2) is 47.4 Å². The van der Waals surface area contributed by atoms with E-state index in [0.29, 0.717) is 10.8 Å². The Morgan fingerprint density at radius 3 is 2.50 bits per heavy atom. The molecule has 0 radical (unpaired) electrons. The summed E-state index contributed by atoms with van der Waals surface area (Å²) in [6.07, 6.45) is 0.244. The summed E-state index contributed by atoms with van der Waals surface area (Å²) in [5.74, 6) is -0.0244. The highest BCUT2D eigenvalue weighted by Crippen LogP contribution is 2.26. The monoisotopic (exact) mass is 387 g/mol. The van der Waals surface area contributed by atoms with Crippen molar-refractivity contribution in [1.82, 2.24) is 0 Å². The Bertz CT molecular complexity index is 868. The van der Waals surface area contributed by atoms with Gasteiger partial charge < -0.3 is 10.1 Å². The van der Waals surface area contributed by atoms with Crippen LogP contribution in [0.3, 0.4) is 0 Å². The maximum absolute atomic E-state index is 12.2. The summed E-state index contributed by atoms with van der Waals surface area (Å²) in [5.41, 5.74) is 0.200. The summed E-state index contributed by atoms with van der Waals surface area (Å²) in [4.78, 5) is 12.3. The van der Waals surface area contributed by atoms with E-state index in [1.54, 1.807) is 31.2 Å². The first kappa shape index (κ1) is 18.6. The maximum Gasteiger partial charge on any atom is 0.265 e. The van der Waals surface area contributed by atoms with E-state index in [0.717, 1.165) is 6.26 Å². The zero-order valence-corrected chi connectivity index (χ0v) is 15.2. The van der Waals surface area contributed by atoms with Crippen LogP contribution in [0.2, 0.25) is 10.0 Å². The number of ether oxygens (including phenoxy) is 1. The van der Waals surface area contributed by atoms with Crippen molar-refractivity contribution in [2.75, 3.05) is 11.6 Å². The smallest absolute Gasteiger partial charge is 0.265 e. The molecule has 0 heterocycles. The van der Waals surface area contributed by atoms with Crippen LogP contribution in [0, 0.1) is 0 Å². The van der Waals surface area contributed by atoms with Crippen LogP contribution < -0.4 is 10.1 Å². The molecule has 0 spiro atoms. The van der Waals surface area contributed by atoms with Gasteiger partial charge in [-0.15, -0.1) is 0 Å². The number of sulfone groups is 1. The third-order valence-electron chi connectivity index (χ3n) is 3.10. The van der Waals surface area contributed by atoms with E-state index in [1.165, 1.54) is 18.2 Å². The van der Waals surface area contributed by atoms with Crippen molar-refractivity contribution in [1.29, 1.82) is 0 Å². The van der Waals surface area contributed by atoms with Crippen LogP contribution in [0.4, 0.5) is 5.69 Å². The molecule has 0 aliphatic heterocycles. The highest BCUT2D eigenvalue weighted by atomic mass is 35.5. The molecule has 128 valence electrons. The predicted octanol–water partition coefficient (Wildman–Crippen LogP) is 3.80. The van der Waals surface area contributed by atoms with Crippen LogP contribution in [0.5, 0.6) is 5.75 Å². The lowest BCUT2D eigenvalue weighted by atomic mass is 10.3. The Labute approximate surface area is 150 Å². The molecule has 0 fully saturated rings. The first-order valence-electron chi connectivity index (χ1n) is 6.89. The van der Waals surface area contributed by atoms with E-state index >= 15 is 0 Å². The Morgan fingerprint density at radius 2 is 1.88 bits per heavy atom. The number of benzene rings is 2. The number of hydrogen-bond donors (Lipinski definition) is 1. The van der Waals surface area contributed by atoms with Crippen LogP contribution in [0.1, 0.15) is 6.92 Å². The van der Waals surface area contributed by atoms with E-state index in [9.17, 15) is 13.2 Å². The second-order valence-electron chi connectivity index (χ2n) is 5.12. The number of anilines is 1. The second kappa shape index (κ2) is 7.42. The molecular weight excluding hydrogens is 373 g/mol. The Hall–Kier alpha value is -1.76. The molecule has 1 atom stereocenters. The summed E-state index contributed by atoms with van der Waals surface area (Å²) in [5, 5.41) is 3.28. The summed E-state index contributed by atoms with van der Waals surface area (Å²) in [6.45, 7) is 1.56. The van der Waals surface area contributed by atoms with Gasteiger partial charge in [0, 0.05) is 11.3 Å². The van der Waals surface area contributed by atoms with E-state index in [2.05, 4.69) is 5.32 Å². The number of amides is 1. The lowest BCUT2D eigenvalue weighted by molar-refractivity contribution is -0.122. The van der Waals surface area contributed by atoms with Gasteiger partial charge in [0.2, 0.25) is 0 Å². The topological polar surface area (TPSA) is 72.5 Å². The van der Waals surface area contributed by atoms with Gasteiger partial charge in [0.15, 0.2) is 15.9 Å². The molecule has 0 aliphatic carbocycles. The van der Waals surface area contributed by atoms with E-state index in [4.69, 9.17) is 27.9 Å². The minimum absolute atomic E-state index is 0.0608. The highest BCUT2D eigenvalue weighted by Gasteiger charge is 2.18. The van der Waals surface area contributed by atoms with Crippen LogP contribution >= 0.6 is 23.2 Å². The Balaban J connectivity index is 2.14. The van der Waals surface area contributed by atoms with Crippen molar-refractivity contribution in [3.05, 3.63) is 52.5 Å². The van der Waals surface area contributed by atoms with Gasteiger partial charge in [-0.3, -0.25) is 4.79 Å². The number of carbonyl (C=O) groups is 1. The average molecular weight is 388 g/mol. The number of nitrogens with one attached hydrogen (secondary N) is 1. The van der Waals surface area contributed by atoms with Gasteiger partial charge in [-0.1, -0.05) is 29.3 Å². The minimum atomic E-state index is -3.41. The van der Waals surface area contributed by atoms with Gasteiger partial charge in [-0.2, -0.15) is 0 Å². The van der Waals surface area contributed by atoms with Gasteiger partial charge in [0.05, 0.1) is 15.6 Å². The molecule has 2 aromatic carbocycles. The number of carbonyl (C=O) groups excluding carboxylic acids is 1. The molecule has 0 bridgehead atoms. The fourth-order valence-electron chi connectivity index (χ4n) is 1.86. The molecule has 2 rings (SSSR count). The summed E-state index contributed by atoms with van der Waals surface area (Å²) < 4.78 is 28.7. The van der Waals surface area contributed by atoms with Crippen LogP contribution in [0.25, 0.3) is 0 Å². The summed E-state index contributed by atoms with van der Waals surface area (Å²) >= 11 is 11.9.